The van der Waals surface area contributed by atoms with Crippen LogP contribution in [0.5, 0.6) is 5.75 Å². The normalized spacial score (nSPS) is 17.3. The van der Waals surface area contributed by atoms with Crippen molar-refractivity contribution in [3.63, 3.8) is 0 Å². The van der Waals surface area contributed by atoms with Gasteiger partial charge in [0.15, 0.2) is 0 Å². The van der Waals surface area contributed by atoms with Gasteiger partial charge in [0.2, 0.25) is 0 Å². The average molecular weight is 261 g/mol. The van der Waals surface area contributed by atoms with Gasteiger partial charge in [-0.1, -0.05) is 12.1 Å². The summed E-state index contributed by atoms with van der Waals surface area (Å²) >= 11 is 0. The zero-order valence-electron chi connectivity index (χ0n) is 11.1. The number of hydrogen-bond acceptors (Lipinski definition) is 4. The van der Waals surface area contributed by atoms with Gasteiger partial charge in [-0.2, -0.15) is 0 Å². The first-order chi connectivity index (χ1) is 9.15. The van der Waals surface area contributed by atoms with Crippen molar-refractivity contribution in [3.05, 3.63) is 42.0 Å². The zero-order valence-corrected chi connectivity index (χ0v) is 11.1. The van der Waals surface area contributed by atoms with E-state index in [4.69, 9.17) is 9.84 Å². The van der Waals surface area contributed by atoms with Gasteiger partial charge in [-0.3, -0.25) is 4.90 Å². The molecular formula is C15H19NO3. The van der Waals surface area contributed by atoms with Crippen LogP contribution in [0.2, 0.25) is 0 Å². The van der Waals surface area contributed by atoms with E-state index in [1.807, 2.05) is 18.2 Å². The Bertz CT molecular complexity index is 484. The molecule has 1 N–H and O–H groups in total. The molecule has 0 bridgehead atoms. The van der Waals surface area contributed by atoms with Crippen LogP contribution < -0.4 is 4.74 Å². The van der Waals surface area contributed by atoms with E-state index in [1.54, 1.807) is 6.07 Å². The minimum atomic E-state index is -0.631. The molecule has 4 nitrogen and oxygen atoms in total. The molecule has 2 rings (SSSR count). The first-order valence-corrected chi connectivity index (χ1v) is 6.41. The number of ether oxygens (including phenoxy) is 1. The van der Waals surface area contributed by atoms with Crippen molar-refractivity contribution < 1.29 is 14.6 Å². The lowest BCUT2D eigenvalue weighted by Crippen LogP contribution is -2.23. The number of aryl methyl sites for hydroxylation is 1. The molecule has 0 saturated carbocycles. The Morgan fingerprint density at radius 1 is 1.63 bits per heavy atom. The van der Waals surface area contributed by atoms with Crippen LogP contribution in [0.15, 0.2) is 30.9 Å². The molecule has 19 heavy (non-hydrogen) atoms. The molecule has 0 spiro atoms. The monoisotopic (exact) mass is 261 g/mol. The van der Waals surface area contributed by atoms with Crippen LogP contribution in [0, 0.1) is 0 Å². The second kappa shape index (κ2) is 5.99. The van der Waals surface area contributed by atoms with Gasteiger partial charge < -0.3 is 9.84 Å². The zero-order chi connectivity index (χ0) is 13.8. The Kier molecular flexibility index (Phi) is 4.35. The first-order valence-electron chi connectivity index (χ1n) is 6.41. The summed E-state index contributed by atoms with van der Waals surface area (Å²) in [5.74, 6) is -0.134. The largest absolute Gasteiger partial charge is 0.425 e. The number of carbonyl (C=O) groups is 1. The third kappa shape index (κ3) is 3.03. The third-order valence-corrected chi connectivity index (χ3v) is 3.47. The molecule has 0 amide bonds. The van der Waals surface area contributed by atoms with Gasteiger partial charge >= 0.3 is 5.97 Å². The van der Waals surface area contributed by atoms with Crippen LogP contribution in [0.1, 0.15) is 23.6 Å². The third-order valence-electron chi connectivity index (χ3n) is 3.47. The molecule has 1 atom stereocenters. The average Bonchev–Trinajstić information content (AvgIpc) is 2.82. The highest BCUT2D eigenvalue weighted by Crippen LogP contribution is 2.37. The predicted molar refractivity (Wildman–Crippen MR) is 73.1 cm³/mol. The van der Waals surface area contributed by atoms with Crippen LogP contribution >= 0.6 is 0 Å². The number of esters is 1. The fourth-order valence-electron chi connectivity index (χ4n) is 2.57. The van der Waals surface area contributed by atoms with Crippen molar-refractivity contribution in [1.29, 1.82) is 0 Å². The molecule has 1 aliphatic rings. The smallest absolute Gasteiger partial charge is 0.337 e. The van der Waals surface area contributed by atoms with Gasteiger partial charge in [-0.25, -0.2) is 4.79 Å². The van der Waals surface area contributed by atoms with Crippen molar-refractivity contribution in [2.24, 2.45) is 0 Å². The molecular weight excluding hydrogens is 242 g/mol. The van der Waals surface area contributed by atoms with Crippen LogP contribution in [-0.4, -0.2) is 36.2 Å². The second-order valence-electron chi connectivity index (χ2n) is 4.78. The van der Waals surface area contributed by atoms with E-state index in [-0.39, 0.29) is 0 Å². The first kappa shape index (κ1) is 13.8. The molecule has 1 aromatic carbocycles. The van der Waals surface area contributed by atoms with Gasteiger partial charge in [0.05, 0.1) is 0 Å². The minimum Gasteiger partial charge on any atom is -0.425 e. The Balaban J connectivity index is 2.20. The van der Waals surface area contributed by atoms with E-state index in [2.05, 4.69) is 18.5 Å². The summed E-state index contributed by atoms with van der Waals surface area (Å²) in [6.07, 6.45) is 3.99. The molecule has 0 fully saturated rings. The van der Waals surface area contributed by atoms with Crippen LogP contribution in [0.4, 0.5) is 0 Å². The fraction of sp³-hybridized carbons (Fsp3) is 0.400. The van der Waals surface area contributed by atoms with Crippen LogP contribution in [-0.2, 0) is 11.2 Å². The van der Waals surface area contributed by atoms with Crippen molar-refractivity contribution in [3.8, 4) is 5.75 Å². The Labute approximate surface area is 113 Å². The number of rotatable bonds is 5. The lowest BCUT2D eigenvalue weighted by atomic mass is 10.1. The van der Waals surface area contributed by atoms with Gasteiger partial charge in [0.1, 0.15) is 12.4 Å². The highest BCUT2D eigenvalue weighted by Gasteiger charge is 2.25. The molecule has 102 valence electrons. The van der Waals surface area contributed by atoms with E-state index < -0.39 is 12.6 Å². The van der Waals surface area contributed by atoms with Crippen molar-refractivity contribution >= 4 is 5.97 Å². The van der Waals surface area contributed by atoms with Gasteiger partial charge in [-0.15, -0.1) is 6.58 Å². The Morgan fingerprint density at radius 2 is 2.42 bits per heavy atom. The number of aliphatic hydroxyl groups is 1. The lowest BCUT2D eigenvalue weighted by Gasteiger charge is -2.23. The molecule has 0 radical (unpaired) electrons. The maximum Gasteiger partial charge on any atom is 0.337 e. The van der Waals surface area contributed by atoms with Gasteiger partial charge in [-0.05, 0) is 43.1 Å². The number of aliphatic hydroxyl groups excluding tert-OH is 1. The Morgan fingerprint density at radius 3 is 3.11 bits per heavy atom. The minimum absolute atomic E-state index is 0.334. The maximum atomic E-state index is 11.1. The summed E-state index contributed by atoms with van der Waals surface area (Å²) in [5.41, 5.74) is 2.50. The molecule has 0 aromatic heterocycles. The molecule has 1 aromatic rings. The van der Waals surface area contributed by atoms with Crippen molar-refractivity contribution in [2.45, 2.75) is 18.9 Å². The van der Waals surface area contributed by atoms with Crippen molar-refractivity contribution in [2.75, 3.05) is 20.2 Å². The SMILES string of the molecule is C=CCN(C)C1CCc2ccc(OC(=O)CO)cc21. The predicted octanol–water partition coefficient (Wildman–Crippen LogP) is 1.69. The molecule has 0 aliphatic heterocycles. The summed E-state index contributed by atoms with van der Waals surface area (Å²) in [6.45, 7) is 3.98. The van der Waals surface area contributed by atoms with E-state index in [1.165, 1.54) is 11.1 Å². The van der Waals surface area contributed by atoms with Crippen molar-refractivity contribution in [1.82, 2.24) is 4.90 Å². The van der Waals surface area contributed by atoms with Gasteiger partial charge in [0, 0.05) is 12.6 Å². The fourth-order valence-corrected chi connectivity index (χ4v) is 2.57. The Hall–Kier alpha value is -1.65. The topological polar surface area (TPSA) is 49.8 Å². The number of carbonyl (C=O) groups excluding carboxylic acids is 1. The quantitative estimate of drug-likeness (QED) is 0.498. The van der Waals surface area contributed by atoms with E-state index in [9.17, 15) is 4.79 Å². The van der Waals surface area contributed by atoms with E-state index >= 15 is 0 Å². The molecule has 1 aliphatic carbocycles. The summed E-state index contributed by atoms with van der Waals surface area (Å²) in [5, 5.41) is 8.71. The molecule has 4 heteroatoms. The number of likely N-dealkylation sites (N-methyl/N-ethyl adjacent to an activating group) is 1. The maximum absolute atomic E-state index is 11.1. The molecule has 0 saturated heterocycles. The number of hydrogen-bond donors (Lipinski definition) is 1. The number of benzene rings is 1. The lowest BCUT2D eigenvalue weighted by molar-refractivity contribution is -0.137. The second-order valence-corrected chi connectivity index (χ2v) is 4.78. The standard InChI is InChI=1S/C15H19NO3/c1-3-8-16(2)14-7-5-11-4-6-12(9-13(11)14)19-15(18)10-17/h3-4,6,9,14,17H,1,5,7-8,10H2,2H3. The summed E-state index contributed by atoms with van der Waals surface area (Å²) in [4.78, 5) is 13.3. The molecule has 1 unspecified atom stereocenters. The number of nitrogens with zero attached hydrogens (tertiary/aromatic N) is 1. The molecule has 0 heterocycles. The number of fused-ring (bicyclic) bond motifs is 1. The van der Waals surface area contributed by atoms with E-state index in [0.29, 0.717) is 11.8 Å². The van der Waals surface area contributed by atoms with E-state index in [0.717, 1.165) is 19.4 Å². The van der Waals surface area contributed by atoms with Gasteiger partial charge in [0.25, 0.3) is 0 Å². The highest BCUT2D eigenvalue weighted by atomic mass is 16.5. The summed E-state index contributed by atoms with van der Waals surface area (Å²) in [7, 11) is 2.06. The summed E-state index contributed by atoms with van der Waals surface area (Å²) in [6, 6.07) is 6.01. The summed E-state index contributed by atoms with van der Waals surface area (Å²) < 4.78 is 5.05. The highest BCUT2D eigenvalue weighted by molar-refractivity contribution is 5.73. The van der Waals surface area contributed by atoms with Crippen LogP contribution in [0.25, 0.3) is 0 Å². The van der Waals surface area contributed by atoms with Crippen LogP contribution in [0.3, 0.4) is 0 Å².